The van der Waals surface area contributed by atoms with E-state index in [1.807, 2.05) is 26.8 Å². The van der Waals surface area contributed by atoms with Crippen molar-refractivity contribution in [3.63, 3.8) is 0 Å². The number of hydrogen-bond donors (Lipinski definition) is 1. The SMILES string of the molecule is C=CCCCCOC(=O)N[C@H](C(=O)N1CCC[C@H]1C(=O)OC)C(C)(C)C. The Labute approximate surface area is 156 Å². The van der Waals surface area contributed by atoms with Gasteiger partial charge in [0, 0.05) is 6.54 Å². The minimum Gasteiger partial charge on any atom is -0.467 e. The molecule has 0 bridgehead atoms. The van der Waals surface area contributed by atoms with Crippen molar-refractivity contribution in [2.24, 2.45) is 5.41 Å². The highest BCUT2D eigenvalue weighted by atomic mass is 16.5. The van der Waals surface area contributed by atoms with Gasteiger partial charge in [-0.2, -0.15) is 0 Å². The predicted molar refractivity (Wildman–Crippen MR) is 98.5 cm³/mol. The van der Waals surface area contributed by atoms with E-state index in [1.165, 1.54) is 12.0 Å². The van der Waals surface area contributed by atoms with Gasteiger partial charge < -0.3 is 19.7 Å². The molecule has 26 heavy (non-hydrogen) atoms. The van der Waals surface area contributed by atoms with Crippen molar-refractivity contribution in [1.82, 2.24) is 10.2 Å². The molecule has 0 aliphatic carbocycles. The fourth-order valence-corrected chi connectivity index (χ4v) is 2.94. The molecule has 148 valence electrons. The van der Waals surface area contributed by atoms with Gasteiger partial charge in [-0.1, -0.05) is 26.8 Å². The molecule has 1 aliphatic rings. The monoisotopic (exact) mass is 368 g/mol. The maximum atomic E-state index is 13.0. The van der Waals surface area contributed by atoms with Crippen LogP contribution in [0.15, 0.2) is 12.7 Å². The number of rotatable bonds is 8. The van der Waals surface area contributed by atoms with Crippen LogP contribution in [0.4, 0.5) is 4.79 Å². The van der Waals surface area contributed by atoms with E-state index >= 15 is 0 Å². The van der Waals surface area contributed by atoms with Gasteiger partial charge in [0.2, 0.25) is 5.91 Å². The van der Waals surface area contributed by atoms with E-state index in [0.717, 1.165) is 25.7 Å². The van der Waals surface area contributed by atoms with Gasteiger partial charge in [0.15, 0.2) is 0 Å². The normalized spacial score (nSPS) is 18.2. The second kappa shape index (κ2) is 10.2. The number of esters is 1. The van der Waals surface area contributed by atoms with Crippen LogP contribution in [0.5, 0.6) is 0 Å². The lowest BCUT2D eigenvalue weighted by molar-refractivity contribution is -0.152. The quantitative estimate of drug-likeness (QED) is 0.404. The van der Waals surface area contributed by atoms with E-state index in [4.69, 9.17) is 9.47 Å². The zero-order chi connectivity index (χ0) is 19.7. The van der Waals surface area contributed by atoms with Crippen molar-refractivity contribution in [1.29, 1.82) is 0 Å². The lowest BCUT2D eigenvalue weighted by Crippen LogP contribution is -2.56. The summed E-state index contributed by atoms with van der Waals surface area (Å²) in [6.07, 6.45) is 5.02. The van der Waals surface area contributed by atoms with Gasteiger partial charge >= 0.3 is 12.1 Å². The number of hydrogen-bond acceptors (Lipinski definition) is 5. The largest absolute Gasteiger partial charge is 0.467 e. The summed E-state index contributed by atoms with van der Waals surface area (Å²) in [6.45, 7) is 10.0. The molecule has 1 heterocycles. The highest BCUT2D eigenvalue weighted by Gasteiger charge is 2.42. The van der Waals surface area contributed by atoms with E-state index < -0.39 is 29.6 Å². The van der Waals surface area contributed by atoms with Crippen LogP contribution in [0.2, 0.25) is 0 Å². The molecule has 0 aromatic heterocycles. The fraction of sp³-hybridized carbons (Fsp3) is 0.737. The van der Waals surface area contributed by atoms with Crippen molar-refractivity contribution in [2.75, 3.05) is 20.3 Å². The average molecular weight is 368 g/mol. The third-order valence-corrected chi connectivity index (χ3v) is 4.42. The summed E-state index contributed by atoms with van der Waals surface area (Å²) < 4.78 is 9.97. The third-order valence-electron chi connectivity index (χ3n) is 4.42. The van der Waals surface area contributed by atoms with Crippen molar-refractivity contribution in [2.45, 2.75) is 65.0 Å². The van der Waals surface area contributed by atoms with Gasteiger partial charge in [0.1, 0.15) is 12.1 Å². The van der Waals surface area contributed by atoms with Crippen molar-refractivity contribution >= 4 is 18.0 Å². The van der Waals surface area contributed by atoms with Crippen LogP contribution in [-0.4, -0.2) is 55.2 Å². The molecule has 0 aromatic carbocycles. The Hall–Kier alpha value is -2.05. The lowest BCUT2D eigenvalue weighted by atomic mass is 9.85. The molecule has 1 saturated heterocycles. The molecule has 0 spiro atoms. The van der Waals surface area contributed by atoms with Gasteiger partial charge in [-0.15, -0.1) is 6.58 Å². The number of likely N-dealkylation sites (tertiary alicyclic amines) is 1. The Morgan fingerprint density at radius 3 is 2.58 bits per heavy atom. The second-order valence-electron chi connectivity index (χ2n) is 7.58. The zero-order valence-electron chi connectivity index (χ0n) is 16.4. The Morgan fingerprint density at radius 1 is 1.31 bits per heavy atom. The molecule has 0 saturated carbocycles. The fourth-order valence-electron chi connectivity index (χ4n) is 2.94. The summed E-state index contributed by atoms with van der Waals surface area (Å²) in [5, 5.41) is 2.68. The summed E-state index contributed by atoms with van der Waals surface area (Å²) in [6, 6.07) is -1.37. The highest BCUT2D eigenvalue weighted by Crippen LogP contribution is 2.26. The molecule has 2 atom stereocenters. The van der Waals surface area contributed by atoms with Gasteiger partial charge in [-0.3, -0.25) is 4.79 Å². The van der Waals surface area contributed by atoms with E-state index in [1.54, 1.807) is 0 Å². The number of nitrogens with one attached hydrogen (secondary N) is 1. The van der Waals surface area contributed by atoms with E-state index in [-0.39, 0.29) is 5.91 Å². The minimum absolute atomic E-state index is 0.283. The average Bonchev–Trinajstić information content (AvgIpc) is 3.07. The molecule has 0 aromatic rings. The number of nitrogens with zero attached hydrogens (tertiary/aromatic N) is 1. The topological polar surface area (TPSA) is 84.9 Å². The van der Waals surface area contributed by atoms with E-state index in [2.05, 4.69) is 11.9 Å². The van der Waals surface area contributed by atoms with Crippen LogP contribution in [-0.2, 0) is 19.1 Å². The summed E-state index contributed by atoms with van der Waals surface area (Å²) >= 11 is 0. The third kappa shape index (κ3) is 6.35. The second-order valence-corrected chi connectivity index (χ2v) is 7.58. The molecular weight excluding hydrogens is 336 g/mol. The van der Waals surface area contributed by atoms with Crippen LogP contribution in [0.25, 0.3) is 0 Å². The molecule has 7 heteroatoms. The molecule has 2 amide bonds. The number of ether oxygens (including phenoxy) is 2. The van der Waals surface area contributed by atoms with Crippen molar-refractivity contribution in [3.05, 3.63) is 12.7 Å². The first kappa shape index (κ1) is 22.0. The molecule has 1 fully saturated rings. The smallest absolute Gasteiger partial charge is 0.407 e. The van der Waals surface area contributed by atoms with Crippen LogP contribution in [0.1, 0.15) is 52.9 Å². The number of alkyl carbamates (subject to hydrolysis) is 1. The zero-order valence-corrected chi connectivity index (χ0v) is 16.4. The Morgan fingerprint density at radius 2 is 2.00 bits per heavy atom. The molecule has 1 aliphatic heterocycles. The number of carbonyl (C=O) groups is 3. The first-order valence-corrected chi connectivity index (χ1v) is 9.15. The van der Waals surface area contributed by atoms with Crippen LogP contribution >= 0.6 is 0 Å². The van der Waals surface area contributed by atoms with Gasteiger partial charge in [0.05, 0.1) is 13.7 Å². The first-order chi connectivity index (χ1) is 12.2. The molecule has 7 nitrogen and oxygen atoms in total. The maximum Gasteiger partial charge on any atom is 0.407 e. The Kier molecular flexibility index (Phi) is 8.61. The van der Waals surface area contributed by atoms with Crippen molar-refractivity contribution < 1.29 is 23.9 Å². The first-order valence-electron chi connectivity index (χ1n) is 9.15. The van der Waals surface area contributed by atoms with Gasteiger partial charge in [-0.05, 0) is 37.5 Å². The van der Waals surface area contributed by atoms with Crippen LogP contribution in [0.3, 0.4) is 0 Å². The minimum atomic E-state index is -0.784. The van der Waals surface area contributed by atoms with Gasteiger partial charge in [0.25, 0.3) is 0 Å². The van der Waals surface area contributed by atoms with Crippen molar-refractivity contribution in [3.8, 4) is 0 Å². The highest BCUT2D eigenvalue weighted by molar-refractivity contribution is 5.90. The standard InChI is InChI=1S/C19H32N2O5/c1-6-7-8-9-13-26-18(24)20-15(19(2,3)4)16(22)21-12-10-11-14(21)17(23)25-5/h6,14-15H,1,7-13H2,2-5H3,(H,20,24)/t14-,15+/m0/s1. The number of unbranched alkanes of at least 4 members (excludes halogenated alkanes) is 2. The van der Waals surface area contributed by atoms with E-state index in [9.17, 15) is 14.4 Å². The Balaban J connectivity index is 2.71. The Bertz CT molecular complexity index is 513. The number of carbonyl (C=O) groups excluding carboxylic acids is 3. The molecular formula is C19H32N2O5. The molecule has 1 N–H and O–H groups in total. The molecule has 1 rings (SSSR count). The predicted octanol–water partition coefficient (Wildman–Crippen LogP) is 2.65. The van der Waals surface area contributed by atoms with Crippen LogP contribution < -0.4 is 5.32 Å². The van der Waals surface area contributed by atoms with E-state index in [0.29, 0.717) is 19.6 Å². The summed E-state index contributed by atoms with van der Waals surface area (Å²) in [5.74, 6) is -0.706. The lowest BCUT2D eigenvalue weighted by Gasteiger charge is -2.34. The molecule has 0 unspecified atom stereocenters. The van der Waals surface area contributed by atoms with Gasteiger partial charge in [-0.25, -0.2) is 9.59 Å². The summed E-state index contributed by atoms with van der Waals surface area (Å²) in [5.41, 5.74) is -0.526. The number of methoxy groups -OCH3 is 1. The number of amides is 2. The maximum absolute atomic E-state index is 13.0. The van der Waals surface area contributed by atoms with Crippen LogP contribution in [0, 0.1) is 5.41 Å². The number of allylic oxidation sites excluding steroid dienone is 1. The summed E-state index contributed by atoms with van der Waals surface area (Å²) in [7, 11) is 1.31. The molecule has 0 radical (unpaired) electrons. The summed E-state index contributed by atoms with van der Waals surface area (Å²) in [4.78, 5) is 38.5.